The highest BCUT2D eigenvalue weighted by Gasteiger charge is 2.55. The van der Waals surface area contributed by atoms with Crippen molar-refractivity contribution in [3.63, 3.8) is 0 Å². The molecule has 0 N–H and O–H groups in total. The van der Waals surface area contributed by atoms with Crippen molar-refractivity contribution >= 4 is 5.97 Å². The quantitative estimate of drug-likeness (QED) is 0.600. The van der Waals surface area contributed by atoms with Crippen LogP contribution in [-0.4, -0.2) is 5.97 Å². The Labute approximate surface area is 85.3 Å². The molecule has 3 rings (SSSR count). The van der Waals surface area contributed by atoms with Crippen LogP contribution in [-0.2, 0) is 9.53 Å². The third-order valence-corrected chi connectivity index (χ3v) is 4.01. The first-order valence-electron chi connectivity index (χ1n) is 5.33. The third kappa shape index (κ3) is 1.20. The zero-order chi connectivity index (χ0) is 10.5. The van der Waals surface area contributed by atoms with E-state index in [2.05, 4.69) is 26.8 Å². The molecule has 0 heterocycles. The molecular weight excluding hydrogens is 176 g/mol. The molecule has 1 saturated carbocycles. The maximum absolute atomic E-state index is 10.9. The van der Waals surface area contributed by atoms with E-state index in [1.165, 1.54) is 13.3 Å². The van der Waals surface area contributed by atoms with Gasteiger partial charge in [0.05, 0.1) is 0 Å². The van der Waals surface area contributed by atoms with Crippen LogP contribution in [0.2, 0.25) is 0 Å². The highest BCUT2D eigenvalue weighted by molar-refractivity contribution is 5.67. The Bertz CT molecular complexity index is 301. The van der Waals surface area contributed by atoms with E-state index in [0.29, 0.717) is 17.3 Å². The second-order valence-corrected chi connectivity index (χ2v) is 5.24. The largest absolute Gasteiger partial charge is 0.431 e. The van der Waals surface area contributed by atoms with E-state index in [4.69, 9.17) is 4.74 Å². The lowest BCUT2D eigenvalue weighted by atomic mass is 9.48. The summed E-state index contributed by atoms with van der Waals surface area (Å²) in [6.07, 6.45) is 3.32. The minimum Gasteiger partial charge on any atom is -0.431 e. The first-order valence-corrected chi connectivity index (χ1v) is 5.33. The van der Waals surface area contributed by atoms with Gasteiger partial charge in [-0.3, -0.25) is 4.79 Å². The summed E-state index contributed by atoms with van der Waals surface area (Å²) in [5.41, 5.74) is 0.318. The van der Waals surface area contributed by atoms with Crippen LogP contribution in [0, 0.1) is 23.2 Å². The van der Waals surface area contributed by atoms with E-state index in [1.54, 1.807) is 0 Å². The van der Waals surface area contributed by atoms with E-state index >= 15 is 0 Å². The topological polar surface area (TPSA) is 26.3 Å². The van der Waals surface area contributed by atoms with Crippen molar-refractivity contribution in [2.24, 2.45) is 23.2 Å². The number of carbonyl (C=O) groups is 1. The molecule has 0 aromatic heterocycles. The lowest BCUT2D eigenvalue weighted by Gasteiger charge is -2.57. The molecule has 0 amide bonds. The molecule has 3 aliphatic rings. The normalized spacial score (nSPS) is 38.3. The summed E-state index contributed by atoms with van der Waals surface area (Å²) in [4.78, 5) is 10.9. The molecule has 0 radical (unpaired) electrons. The second-order valence-electron chi connectivity index (χ2n) is 5.24. The first-order chi connectivity index (χ1) is 6.43. The Kier molecular flexibility index (Phi) is 1.98. The molecule has 2 nitrogen and oxygen atoms in total. The monoisotopic (exact) mass is 194 g/mol. The van der Waals surface area contributed by atoms with Crippen molar-refractivity contribution in [1.82, 2.24) is 0 Å². The van der Waals surface area contributed by atoms with Gasteiger partial charge < -0.3 is 4.74 Å². The molecule has 0 spiro atoms. The standard InChI is InChI=1S/C12H18O2/c1-7-5-11(14-8(2)13)10-6-9(7)12(10,3)4/h5,7,9-10H,6H2,1-4H3/t7?,9-,10+/m0/s1. The molecule has 0 aromatic carbocycles. The Hall–Kier alpha value is -0.790. The van der Waals surface area contributed by atoms with Gasteiger partial charge in [0.2, 0.25) is 0 Å². The van der Waals surface area contributed by atoms with Gasteiger partial charge in [-0.2, -0.15) is 0 Å². The van der Waals surface area contributed by atoms with Crippen LogP contribution in [0.15, 0.2) is 11.8 Å². The summed E-state index contributed by atoms with van der Waals surface area (Å²) in [7, 11) is 0. The van der Waals surface area contributed by atoms with Crippen molar-refractivity contribution in [3.05, 3.63) is 11.8 Å². The number of rotatable bonds is 1. The number of ether oxygens (including phenoxy) is 1. The van der Waals surface area contributed by atoms with Crippen LogP contribution in [0.25, 0.3) is 0 Å². The van der Waals surface area contributed by atoms with Gasteiger partial charge in [-0.15, -0.1) is 0 Å². The Morgan fingerprint density at radius 2 is 2.21 bits per heavy atom. The van der Waals surface area contributed by atoms with Gasteiger partial charge in [0.1, 0.15) is 5.76 Å². The number of esters is 1. The van der Waals surface area contributed by atoms with E-state index in [0.717, 1.165) is 11.7 Å². The SMILES string of the molecule is CC(=O)OC1=CC(C)[C@@H]2C[C@H]1C2(C)C. The van der Waals surface area contributed by atoms with Crippen LogP contribution in [0.1, 0.15) is 34.1 Å². The lowest BCUT2D eigenvalue weighted by molar-refractivity contribution is -0.143. The van der Waals surface area contributed by atoms with Gasteiger partial charge in [-0.25, -0.2) is 0 Å². The zero-order valence-corrected chi connectivity index (χ0v) is 9.33. The summed E-state index contributed by atoms with van der Waals surface area (Å²) in [5.74, 6) is 2.51. The van der Waals surface area contributed by atoms with Crippen molar-refractivity contribution in [1.29, 1.82) is 0 Å². The molecule has 0 aliphatic heterocycles. The van der Waals surface area contributed by atoms with Crippen LogP contribution in [0.4, 0.5) is 0 Å². The minimum atomic E-state index is -0.190. The summed E-state index contributed by atoms with van der Waals surface area (Å²) < 4.78 is 5.27. The maximum Gasteiger partial charge on any atom is 0.307 e. The first kappa shape index (κ1) is 9.75. The van der Waals surface area contributed by atoms with Crippen LogP contribution in [0.5, 0.6) is 0 Å². The average Bonchev–Trinajstić information content (AvgIpc) is 2.00. The molecule has 0 aromatic rings. The number of fused-ring (bicyclic) bond motifs is 1. The molecular formula is C12H18O2. The summed E-state index contributed by atoms with van der Waals surface area (Å²) >= 11 is 0. The van der Waals surface area contributed by atoms with Gasteiger partial charge in [0.25, 0.3) is 0 Å². The Balaban J connectivity index is 2.22. The van der Waals surface area contributed by atoms with Crippen molar-refractivity contribution in [3.8, 4) is 0 Å². The molecule has 3 atom stereocenters. The Morgan fingerprint density at radius 1 is 1.57 bits per heavy atom. The predicted octanol–water partition coefficient (Wildman–Crippen LogP) is 2.75. The van der Waals surface area contributed by atoms with Gasteiger partial charge in [-0.05, 0) is 29.7 Å². The smallest absolute Gasteiger partial charge is 0.307 e. The number of allylic oxidation sites excluding steroid dienone is 2. The van der Waals surface area contributed by atoms with Crippen molar-refractivity contribution in [2.75, 3.05) is 0 Å². The summed E-state index contributed by atoms with van der Waals surface area (Å²) in [5, 5.41) is 0. The molecule has 2 bridgehead atoms. The highest BCUT2D eigenvalue weighted by Crippen LogP contribution is 2.61. The number of carbonyl (C=O) groups excluding carboxylic acids is 1. The van der Waals surface area contributed by atoms with Crippen LogP contribution in [0.3, 0.4) is 0 Å². The van der Waals surface area contributed by atoms with Gasteiger partial charge in [-0.1, -0.05) is 20.8 Å². The van der Waals surface area contributed by atoms with E-state index < -0.39 is 0 Å². The fourth-order valence-corrected chi connectivity index (χ4v) is 3.10. The fourth-order valence-electron chi connectivity index (χ4n) is 3.10. The molecule has 3 aliphatic carbocycles. The number of hydrogen-bond acceptors (Lipinski definition) is 2. The molecule has 14 heavy (non-hydrogen) atoms. The minimum absolute atomic E-state index is 0.190. The number of hydrogen-bond donors (Lipinski definition) is 0. The highest BCUT2D eigenvalue weighted by atomic mass is 16.5. The average molecular weight is 194 g/mol. The third-order valence-electron chi connectivity index (χ3n) is 4.01. The molecule has 2 heteroatoms. The fraction of sp³-hybridized carbons (Fsp3) is 0.750. The van der Waals surface area contributed by atoms with Gasteiger partial charge >= 0.3 is 5.97 Å². The molecule has 0 saturated heterocycles. The molecule has 78 valence electrons. The lowest BCUT2D eigenvalue weighted by Crippen LogP contribution is -2.51. The van der Waals surface area contributed by atoms with E-state index in [9.17, 15) is 4.79 Å². The van der Waals surface area contributed by atoms with E-state index in [1.807, 2.05) is 0 Å². The van der Waals surface area contributed by atoms with Gasteiger partial charge in [0, 0.05) is 12.8 Å². The second kappa shape index (κ2) is 2.85. The Morgan fingerprint density at radius 3 is 2.64 bits per heavy atom. The summed E-state index contributed by atoms with van der Waals surface area (Å²) in [6.45, 7) is 8.24. The summed E-state index contributed by atoms with van der Waals surface area (Å²) in [6, 6.07) is 0. The molecule has 1 unspecified atom stereocenters. The van der Waals surface area contributed by atoms with E-state index in [-0.39, 0.29) is 5.97 Å². The zero-order valence-electron chi connectivity index (χ0n) is 9.33. The van der Waals surface area contributed by atoms with Crippen molar-refractivity contribution < 1.29 is 9.53 Å². The van der Waals surface area contributed by atoms with Crippen LogP contribution >= 0.6 is 0 Å². The van der Waals surface area contributed by atoms with Crippen LogP contribution < -0.4 is 0 Å². The van der Waals surface area contributed by atoms with Crippen molar-refractivity contribution in [2.45, 2.75) is 34.1 Å². The maximum atomic E-state index is 10.9. The van der Waals surface area contributed by atoms with Gasteiger partial charge in [0.15, 0.2) is 0 Å². The predicted molar refractivity (Wildman–Crippen MR) is 54.4 cm³/mol. The molecule has 1 fully saturated rings.